The van der Waals surface area contributed by atoms with E-state index in [9.17, 15) is 0 Å². The summed E-state index contributed by atoms with van der Waals surface area (Å²) >= 11 is 0. The van der Waals surface area contributed by atoms with Gasteiger partial charge in [-0.2, -0.15) is 0 Å². The predicted octanol–water partition coefficient (Wildman–Crippen LogP) is 7.95. The van der Waals surface area contributed by atoms with Crippen molar-refractivity contribution in [3.63, 3.8) is 0 Å². The van der Waals surface area contributed by atoms with E-state index in [1.54, 1.807) is 7.11 Å². The largest absolute Gasteiger partial charge is 0.497 e. The zero-order valence-corrected chi connectivity index (χ0v) is 18.2. The first-order valence-corrected chi connectivity index (χ1v) is 10.5. The quantitative estimate of drug-likeness (QED) is 0.302. The highest BCUT2D eigenvalue weighted by Gasteiger charge is 2.12. The normalized spacial score (nSPS) is 10.9. The molecule has 0 heterocycles. The van der Waals surface area contributed by atoms with Gasteiger partial charge >= 0.3 is 0 Å². The number of methoxy groups -OCH3 is 1. The van der Waals surface area contributed by atoms with Crippen LogP contribution in [0.1, 0.15) is 22.3 Å². The Hall–Kier alpha value is -3.78. The van der Waals surface area contributed by atoms with Crippen LogP contribution in [0.5, 0.6) is 5.75 Å². The molecule has 2 heteroatoms. The number of hydrogen-bond donors (Lipinski definition) is 0. The zero-order chi connectivity index (χ0) is 21.6. The molecule has 0 saturated heterocycles. The van der Waals surface area contributed by atoms with Gasteiger partial charge in [0.2, 0.25) is 0 Å². The maximum atomic E-state index is 5.22. The summed E-state index contributed by atoms with van der Waals surface area (Å²) in [6.45, 7) is 4.23. The van der Waals surface area contributed by atoms with Gasteiger partial charge in [-0.1, -0.05) is 71.8 Å². The Bertz CT molecular complexity index is 1090. The van der Waals surface area contributed by atoms with Gasteiger partial charge in [-0.05, 0) is 73.5 Å². The summed E-state index contributed by atoms with van der Waals surface area (Å²) in [5.41, 5.74) is 8.25. The second-order valence-electron chi connectivity index (χ2n) is 7.70. The summed E-state index contributed by atoms with van der Waals surface area (Å²) < 4.78 is 5.22. The second-order valence-corrected chi connectivity index (χ2v) is 7.70. The molecule has 0 aliphatic heterocycles. The molecular formula is C29H27NO. The Morgan fingerprint density at radius 1 is 0.516 bits per heavy atom. The van der Waals surface area contributed by atoms with E-state index in [2.05, 4.69) is 116 Å². The van der Waals surface area contributed by atoms with Crippen LogP contribution in [0.2, 0.25) is 0 Å². The third-order valence-electron chi connectivity index (χ3n) is 5.32. The molecule has 0 radical (unpaired) electrons. The molecule has 154 valence electrons. The Balaban J connectivity index is 1.62. The number of aryl methyl sites for hydroxylation is 2. The number of nitrogens with zero attached hydrogens (tertiary/aromatic N) is 1. The molecule has 2 nitrogen and oxygen atoms in total. The van der Waals surface area contributed by atoms with E-state index in [-0.39, 0.29) is 0 Å². The molecule has 0 unspecified atom stereocenters. The first-order chi connectivity index (χ1) is 15.1. The van der Waals surface area contributed by atoms with Crippen molar-refractivity contribution >= 4 is 29.2 Å². The van der Waals surface area contributed by atoms with Crippen molar-refractivity contribution in [2.45, 2.75) is 13.8 Å². The Kier molecular flexibility index (Phi) is 6.18. The summed E-state index contributed by atoms with van der Waals surface area (Å²) in [5.74, 6) is 0.869. The Morgan fingerprint density at radius 2 is 0.871 bits per heavy atom. The van der Waals surface area contributed by atoms with Crippen LogP contribution in [-0.2, 0) is 0 Å². The fourth-order valence-corrected chi connectivity index (χ4v) is 3.48. The van der Waals surface area contributed by atoms with Crippen molar-refractivity contribution in [2.75, 3.05) is 12.0 Å². The highest BCUT2D eigenvalue weighted by molar-refractivity contribution is 5.78. The minimum atomic E-state index is 0.869. The van der Waals surface area contributed by atoms with E-state index in [0.29, 0.717) is 0 Å². The zero-order valence-electron chi connectivity index (χ0n) is 18.2. The molecular weight excluding hydrogens is 378 g/mol. The topological polar surface area (TPSA) is 12.5 Å². The molecule has 0 spiro atoms. The van der Waals surface area contributed by atoms with E-state index in [4.69, 9.17) is 4.74 Å². The smallest absolute Gasteiger partial charge is 0.118 e. The molecule has 4 aromatic carbocycles. The van der Waals surface area contributed by atoms with E-state index in [1.165, 1.54) is 11.1 Å². The fraction of sp³-hybridized carbons (Fsp3) is 0.103. The molecule has 0 aliphatic carbocycles. The molecule has 0 atom stereocenters. The Labute approximate surface area is 185 Å². The van der Waals surface area contributed by atoms with Crippen LogP contribution < -0.4 is 9.64 Å². The second kappa shape index (κ2) is 9.36. The van der Waals surface area contributed by atoms with Gasteiger partial charge in [-0.25, -0.2) is 0 Å². The van der Waals surface area contributed by atoms with E-state index >= 15 is 0 Å². The maximum absolute atomic E-state index is 5.22. The van der Waals surface area contributed by atoms with Crippen molar-refractivity contribution in [1.29, 1.82) is 0 Å². The van der Waals surface area contributed by atoms with Crippen molar-refractivity contribution in [3.05, 3.63) is 119 Å². The van der Waals surface area contributed by atoms with Crippen LogP contribution in [-0.4, -0.2) is 7.11 Å². The summed E-state index contributed by atoms with van der Waals surface area (Å²) in [7, 11) is 1.68. The third-order valence-corrected chi connectivity index (χ3v) is 5.32. The van der Waals surface area contributed by atoms with Gasteiger partial charge in [-0.15, -0.1) is 0 Å². The predicted molar refractivity (Wildman–Crippen MR) is 133 cm³/mol. The lowest BCUT2D eigenvalue weighted by molar-refractivity contribution is 0.415. The number of rotatable bonds is 6. The van der Waals surface area contributed by atoms with Gasteiger partial charge in [0.05, 0.1) is 7.11 Å². The molecule has 4 aromatic rings. The van der Waals surface area contributed by atoms with Crippen LogP contribution in [0.4, 0.5) is 17.1 Å². The van der Waals surface area contributed by atoms with Gasteiger partial charge in [0.25, 0.3) is 0 Å². The lowest BCUT2D eigenvalue weighted by Crippen LogP contribution is -2.09. The molecule has 0 bridgehead atoms. The fourth-order valence-electron chi connectivity index (χ4n) is 3.48. The molecule has 0 aromatic heterocycles. The van der Waals surface area contributed by atoms with Gasteiger partial charge in [0.1, 0.15) is 5.75 Å². The van der Waals surface area contributed by atoms with Gasteiger partial charge in [0, 0.05) is 17.1 Å². The van der Waals surface area contributed by atoms with Crippen LogP contribution in [0.15, 0.2) is 97.1 Å². The standard InChI is InChI=1S/C29H27NO/c1-22-4-14-26(15-5-22)30(27-16-6-23(2)7-17-27)28-18-10-24(11-19-28)8-9-25-12-20-29(31-3)21-13-25/h4-21H,1-3H3/b9-8+. The van der Waals surface area contributed by atoms with Crippen molar-refractivity contribution < 1.29 is 4.74 Å². The third kappa shape index (κ3) is 5.04. The van der Waals surface area contributed by atoms with E-state index < -0.39 is 0 Å². The number of anilines is 3. The van der Waals surface area contributed by atoms with Gasteiger partial charge in [-0.3, -0.25) is 0 Å². The number of hydrogen-bond acceptors (Lipinski definition) is 2. The molecule has 0 saturated carbocycles. The molecule has 0 N–H and O–H groups in total. The first-order valence-electron chi connectivity index (χ1n) is 10.5. The van der Waals surface area contributed by atoms with Crippen molar-refractivity contribution in [2.24, 2.45) is 0 Å². The number of ether oxygens (including phenoxy) is 1. The average molecular weight is 406 g/mol. The SMILES string of the molecule is COc1ccc(/C=C/c2ccc(N(c3ccc(C)cc3)c3ccc(C)cc3)cc2)cc1. The number of benzene rings is 4. The molecule has 0 aliphatic rings. The molecule has 0 amide bonds. The first kappa shape index (κ1) is 20.5. The van der Waals surface area contributed by atoms with Crippen LogP contribution in [0.3, 0.4) is 0 Å². The highest BCUT2D eigenvalue weighted by Crippen LogP contribution is 2.34. The minimum Gasteiger partial charge on any atom is -0.497 e. The maximum Gasteiger partial charge on any atom is 0.118 e. The summed E-state index contributed by atoms with van der Waals surface area (Å²) in [6.07, 6.45) is 4.25. The van der Waals surface area contributed by atoms with Crippen LogP contribution >= 0.6 is 0 Å². The molecule has 4 rings (SSSR count). The van der Waals surface area contributed by atoms with Crippen LogP contribution in [0.25, 0.3) is 12.2 Å². The summed E-state index contributed by atoms with van der Waals surface area (Å²) in [5, 5.41) is 0. The van der Waals surface area contributed by atoms with Crippen molar-refractivity contribution in [1.82, 2.24) is 0 Å². The average Bonchev–Trinajstić information content (AvgIpc) is 2.81. The minimum absolute atomic E-state index is 0.869. The summed E-state index contributed by atoms with van der Waals surface area (Å²) in [6, 6.07) is 34.0. The molecule has 31 heavy (non-hydrogen) atoms. The Morgan fingerprint density at radius 3 is 1.26 bits per heavy atom. The van der Waals surface area contributed by atoms with Crippen LogP contribution in [0, 0.1) is 13.8 Å². The summed E-state index contributed by atoms with van der Waals surface area (Å²) in [4.78, 5) is 2.29. The van der Waals surface area contributed by atoms with Gasteiger partial charge in [0.15, 0.2) is 0 Å². The lowest BCUT2D eigenvalue weighted by atomic mass is 10.1. The van der Waals surface area contributed by atoms with Gasteiger partial charge < -0.3 is 9.64 Å². The lowest BCUT2D eigenvalue weighted by Gasteiger charge is -2.25. The molecule has 0 fully saturated rings. The monoisotopic (exact) mass is 405 g/mol. The van der Waals surface area contributed by atoms with Crippen molar-refractivity contribution in [3.8, 4) is 5.75 Å². The van der Waals surface area contributed by atoms with E-state index in [1.807, 2.05) is 12.1 Å². The highest BCUT2D eigenvalue weighted by atomic mass is 16.5. The van der Waals surface area contributed by atoms with E-state index in [0.717, 1.165) is 33.9 Å².